The number of rotatable bonds is 10. The fourth-order valence-corrected chi connectivity index (χ4v) is 4.26. The molecule has 0 saturated carbocycles. The molecule has 0 N–H and O–H groups in total. The second-order valence-electron chi connectivity index (χ2n) is 7.61. The van der Waals surface area contributed by atoms with E-state index in [2.05, 4.69) is 6.58 Å². The Bertz CT molecular complexity index is 1090. The van der Waals surface area contributed by atoms with E-state index >= 15 is 0 Å². The Hall–Kier alpha value is -3.45. The van der Waals surface area contributed by atoms with Gasteiger partial charge >= 0.3 is 0 Å². The van der Waals surface area contributed by atoms with Crippen molar-refractivity contribution in [1.82, 2.24) is 9.80 Å². The lowest BCUT2D eigenvalue weighted by atomic mass is 10.1. The minimum Gasteiger partial charge on any atom is -0.497 e. The summed E-state index contributed by atoms with van der Waals surface area (Å²) in [6, 6.07) is 14.9. The predicted molar refractivity (Wildman–Crippen MR) is 129 cm³/mol. The van der Waals surface area contributed by atoms with Gasteiger partial charge in [0.15, 0.2) is 0 Å². The van der Waals surface area contributed by atoms with Crippen LogP contribution in [0.1, 0.15) is 26.4 Å². The summed E-state index contributed by atoms with van der Waals surface area (Å²) in [5, 5.41) is 1.99. The molecule has 0 aliphatic heterocycles. The number of carbonyl (C=O) groups is 2. The van der Waals surface area contributed by atoms with Crippen LogP contribution in [0.25, 0.3) is 0 Å². The fourth-order valence-electron chi connectivity index (χ4n) is 3.34. The van der Waals surface area contributed by atoms with E-state index in [1.54, 1.807) is 65.8 Å². The van der Waals surface area contributed by atoms with Crippen molar-refractivity contribution in [2.75, 3.05) is 20.2 Å². The molecule has 0 saturated heterocycles. The van der Waals surface area contributed by atoms with Gasteiger partial charge < -0.3 is 14.5 Å². The molecule has 3 rings (SSSR count). The number of ether oxygens (including phenoxy) is 1. The monoisotopic (exact) mass is 466 g/mol. The normalized spacial score (nSPS) is 10.5. The van der Waals surface area contributed by atoms with Gasteiger partial charge in [0.25, 0.3) is 5.91 Å². The lowest BCUT2D eigenvalue weighted by Gasteiger charge is -2.27. The number of amides is 2. The molecular weight excluding hydrogens is 439 g/mol. The fraction of sp³-hybridized carbons (Fsp3) is 0.231. The molecule has 33 heavy (non-hydrogen) atoms. The molecule has 7 heteroatoms. The Labute approximate surface area is 197 Å². The number of halogens is 1. The summed E-state index contributed by atoms with van der Waals surface area (Å²) >= 11 is 1.58. The van der Waals surface area contributed by atoms with Crippen LogP contribution in [0.4, 0.5) is 4.39 Å². The molecule has 2 aromatic carbocycles. The maximum Gasteiger partial charge on any atom is 0.254 e. The van der Waals surface area contributed by atoms with Gasteiger partial charge in [-0.25, -0.2) is 4.39 Å². The third-order valence-corrected chi connectivity index (χ3v) is 6.25. The average Bonchev–Trinajstić information content (AvgIpc) is 3.23. The highest BCUT2D eigenvalue weighted by molar-refractivity contribution is 7.10. The number of nitrogens with zero attached hydrogens (tertiary/aromatic N) is 2. The van der Waals surface area contributed by atoms with Crippen LogP contribution >= 0.6 is 11.3 Å². The summed E-state index contributed by atoms with van der Waals surface area (Å²) in [5.41, 5.74) is 2.38. The van der Waals surface area contributed by atoms with E-state index in [1.165, 1.54) is 17.0 Å². The maximum atomic E-state index is 13.4. The molecule has 0 spiro atoms. The van der Waals surface area contributed by atoms with Gasteiger partial charge in [-0.2, -0.15) is 0 Å². The van der Waals surface area contributed by atoms with Crippen molar-refractivity contribution in [3.8, 4) is 5.75 Å². The van der Waals surface area contributed by atoms with Crippen LogP contribution in [0.2, 0.25) is 0 Å². The first-order chi connectivity index (χ1) is 15.9. The number of benzene rings is 2. The summed E-state index contributed by atoms with van der Waals surface area (Å²) in [5.74, 6) is -0.140. The van der Waals surface area contributed by atoms with Crippen LogP contribution in [0.15, 0.2) is 72.6 Å². The second kappa shape index (κ2) is 11.4. The zero-order valence-electron chi connectivity index (χ0n) is 18.8. The van der Waals surface area contributed by atoms with Gasteiger partial charge in [0, 0.05) is 23.5 Å². The van der Waals surface area contributed by atoms with Crippen molar-refractivity contribution in [1.29, 1.82) is 0 Å². The SMILES string of the molecule is C=CCN(CC(=O)N(Cc1ccc(F)cc1)Cc1sccc1C)C(=O)c1ccc(OC)cc1. The summed E-state index contributed by atoms with van der Waals surface area (Å²) in [4.78, 5) is 30.7. The molecule has 3 aromatic rings. The third kappa shape index (κ3) is 6.52. The Kier molecular flexibility index (Phi) is 8.38. The van der Waals surface area contributed by atoms with E-state index in [4.69, 9.17) is 4.74 Å². The van der Waals surface area contributed by atoms with Gasteiger partial charge in [-0.05, 0) is 65.9 Å². The van der Waals surface area contributed by atoms with Crippen LogP contribution in [0, 0.1) is 12.7 Å². The largest absolute Gasteiger partial charge is 0.497 e. The Morgan fingerprint density at radius 3 is 2.30 bits per heavy atom. The Morgan fingerprint density at radius 2 is 1.73 bits per heavy atom. The van der Waals surface area contributed by atoms with Crippen molar-refractivity contribution < 1.29 is 18.7 Å². The molecule has 1 aromatic heterocycles. The van der Waals surface area contributed by atoms with E-state index in [9.17, 15) is 14.0 Å². The number of hydrogen-bond donors (Lipinski definition) is 0. The molecule has 0 fully saturated rings. The molecule has 0 radical (unpaired) electrons. The van der Waals surface area contributed by atoms with Crippen molar-refractivity contribution >= 4 is 23.2 Å². The van der Waals surface area contributed by atoms with Crippen LogP contribution in [-0.4, -0.2) is 41.8 Å². The molecule has 0 unspecified atom stereocenters. The highest BCUT2D eigenvalue weighted by atomic mass is 32.1. The van der Waals surface area contributed by atoms with Crippen LogP contribution in [0.5, 0.6) is 5.75 Å². The van der Waals surface area contributed by atoms with Crippen LogP contribution in [-0.2, 0) is 17.9 Å². The van der Waals surface area contributed by atoms with Crippen molar-refractivity contribution in [2.45, 2.75) is 20.0 Å². The maximum absolute atomic E-state index is 13.4. The first-order valence-electron chi connectivity index (χ1n) is 10.5. The molecule has 0 bridgehead atoms. The number of hydrogen-bond acceptors (Lipinski definition) is 4. The predicted octanol–water partition coefficient (Wildman–Crippen LogP) is 5.06. The van der Waals surface area contributed by atoms with Gasteiger partial charge in [-0.15, -0.1) is 17.9 Å². The van der Waals surface area contributed by atoms with E-state index < -0.39 is 0 Å². The topological polar surface area (TPSA) is 49.9 Å². The van der Waals surface area contributed by atoms with Crippen molar-refractivity contribution in [3.05, 3.63) is 100 Å². The lowest BCUT2D eigenvalue weighted by Crippen LogP contribution is -2.42. The summed E-state index contributed by atoms with van der Waals surface area (Å²) in [6.45, 7) is 6.61. The van der Waals surface area contributed by atoms with Gasteiger partial charge in [0.1, 0.15) is 18.1 Å². The van der Waals surface area contributed by atoms with Crippen LogP contribution < -0.4 is 4.74 Å². The number of carbonyl (C=O) groups excluding carboxylic acids is 2. The van der Waals surface area contributed by atoms with E-state index in [0.29, 0.717) is 24.4 Å². The smallest absolute Gasteiger partial charge is 0.254 e. The number of aryl methyl sites for hydroxylation is 1. The van der Waals surface area contributed by atoms with Gasteiger partial charge in [0.05, 0.1) is 13.7 Å². The molecule has 0 atom stereocenters. The van der Waals surface area contributed by atoms with Gasteiger partial charge in [0.2, 0.25) is 5.91 Å². The minimum absolute atomic E-state index is 0.0947. The summed E-state index contributed by atoms with van der Waals surface area (Å²) < 4.78 is 18.5. The van der Waals surface area contributed by atoms with Gasteiger partial charge in [-0.3, -0.25) is 9.59 Å². The van der Waals surface area contributed by atoms with Crippen molar-refractivity contribution in [3.63, 3.8) is 0 Å². The molecule has 2 amide bonds. The molecular formula is C26H27FN2O3S. The van der Waals surface area contributed by atoms with E-state index in [0.717, 1.165) is 16.0 Å². The molecule has 0 aliphatic carbocycles. The first-order valence-corrected chi connectivity index (χ1v) is 11.4. The zero-order chi connectivity index (χ0) is 23.8. The number of thiophene rings is 1. The summed E-state index contributed by atoms with van der Waals surface area (Å²) in [6.07, 6.45) is 1.60. The molecule has 1 heterocycles. The average molecular weight is 467 g/mol. The van der Waals surface area contributed by atoms with Crippen LogP contribution in [0.3, 0.4) is 0 Å². The summed E-state index contributed by atoms with van der Waals surface area (Å²) in [7, 11) is 1.56. The quantitative estimate of drug-likeness (QED) is 0.393. The third-order valence-electron chi connectivity index (χ3n) is 5.24. The second-order valence-corrected chi connectivity index (χ2v) is 8.61. The highest BCUT2D eigenvalue weighted by Crippen LogP contribution is 2.20. The Balaban J connectivity index is 1.80. The highest BCUT2D eigenvalue weighted by Gasteiger charge is 2.23. The zero-order valence-corrected chi connectivity index (χ0v) is 19.6. The van der Waals surface area contributed by atoms with Crippen molar-refractivity contribution in [2.24, 2.45) is 0 Å². The molecule has 5 nitrogen and oxygen atoms in total. The minimum atomic E-state index is -0.326. The number of methoxy groups -OCH3 is 1. The first kappa shape index (κ1) is 24.2. The molecule has 0 aliphatic rings. The standard InChI is InChI=1S/C26H27FN2O3S/c1-4-14-28(26(31)21-7-11-23(32-3)12-8-21)18-25(30)29(17-24-19(2)13-15-33-24)16-20-5-9-22(27)10-6-20/h4-13,15H,1,14,16-18H2,2-3H3. The molecule has 172 valence electrons. The lowest BCUT2D eigenvalue weighted by molar-refractivity contribution is -0.133. The van der Waals surface area contributed by atoms with E-state index in [1.807, 2.05) is 18.4 Å². The van der Waals surface area contributed by atoms with Gasteiger partial charge in [-0.1, -0.05) is 18.2 Å². The van der Waals surface area contributed by atoms with E-state index in [-0.39, 0.29) is 30.7 Å². The Morgan fingerprint density at radius 1 is 1.03 bits per heavy atom.